The van der Waals surface area contributed by atoms with E-state index < -0.39 is 16.6 Å². The fraction of sp³-hybridized carbons (Fsp3) is 0.875. The van der Waals surface area contributed by atoms with Gasteiger partial charge in [0, 0.05) is 6.42 Å². The van der Waals surface area contributed by atoms with Crippen LogP contribution in [0.4, 0.5) is 0 Å². The van der Waals surface area contributed by atoms with Crippen LogP contribution in [0.5, 0.6) is 0 Å². The maximum Gasteiger partial charge on any atom is 0.292 e. The van der Waals surface area contributed by atoms with Gasteiger partial charge in [-0.25, -0.2) is 0 Å². The molecule has 0 aliphatic heterocycles. The largest absolute Gasteiger partial charge is 0.520 e. The lowest BCUT2D eigenvalue weighted by Crippen LogP contribution is -2.31. The molecule has 0 fully saturated rings. The lowest BCUT2D eigenvalue weighted by molar-refractivity contribution is -0.134. The van der Waals surface area contributed by atoms with Gasteiger partial charge in [0.1, 0.15) is 0 Å². The topological polar surface area (TPSA) is 46.5 Å². The molecule has 0 aromatic carbocycles. The van der Waals surface area contributed by atoms with Crippen molar-refractivity contribution in [1.29, 1.82) is 0 Å². The van der Waals surface area contributed by atoms with Crippen LogP contribution in [0.25, 0.3) is 0 Å². The number of hydrogen-bond donors (Lipinski definition) is 1. The normalized spacial score (nSPS) is 12.8. The van der Waals surface area contributed by atoms with E-state index in [1.807, 2.05) is 32.7 Å². The predicted molar refractivity (Wildman–Crippen MR) is 58.6 cm³/mol. The molecule has 3 nitrogen and oxygen atoms in total. The van der Waals surface area contributed by atoms with Gasteiger partial charge in [0.15, 0.2) is 8.32 Å². The molecule has 0 spiro atoms. The first-order valence-electron chi connectivity index (χ1n) is 4.54. The Morgan fingerprint density at radius 1 is 1.23 bits per heavy atom. The molecule has 0 aromatic heterocycles. The highest BCUT2D eigenvalue weighted by Gasteiger charge is 2.23. The summed E-state index contributed by atoms with van der Waals surface area (Å²) in [5.74, 6) is -0.159. The Labute approximate surface area is 82.4 Å². The van der Waals surface area contributed by atoms with E-state index in [9.17, 15) is 9.59 Å². The van der Waals surface area contributed by atoms with Gasteiger partial charge in [-0.15, -0.1) is 0 Å². The molecule has 78 valence electrons. The van der Waals surface area contributed by atoms with Crippen molar-refractivity contribution in [2.45, 2.75) is 45.2 Å². The molecule has 0 unspecified atom stereocenters. The van der Waals surface area contributed by atoms with Gasteiger partial charge in [0.05, 0.1) is 0 Å². The summed E-state index contributed by atoms with van der Waals surface area (Å²) >= 11 is 0. The minimum Gasteiger partial charge on any atom is -0.520 e. The molecule has 0 aromatic rings. The number of rotatable bonds is 4. The van der Waals surface area contributed by atoms with E-state index in [1.54, 1.807) is 0 Å². The Balaban J connectivity index is 3.78. The van der Waals surface area contributed by atoms with Gasteiger partial charge in [0.25, 0.3) is 5.97 Å². The first kappa shape index (κ1) is 12.9. The molecule has 0 rings (SSSR count). The van der Waals surface area contributed by atoms with Crippen molar-refractivity contribution in [3.05, 3.63) is 0 Å². The van der Waals surface area contributed by atoms with Crippen LogP contribution >= 0.6 is 0 Å². The van der Waals surface area contributed by atoms with Crippen LogP contribution in [0, 0.1) is 0 Å². The van der Waals surface area contributed by atoms with Crippen molar-refractivity contribution in [2.75, 3.05) is 0 Å². The molecule has 0 aliphatic carbocycles. The summed E-state index contributed by atoms with van der Waals surface area (Å²) in [4.78, 5) is 20.7. The minimum atomic E-state index is -2.08. The fourth-order valence-corrected chi connectivity index (χ4v) is 2.40. The van der Waals surface area contributed by atoms with Crippen LogP contribution in [0.15, 0.2) is 0 Å². The average Bonchev–Trinajstić information content (AvgIpc) is 1.78. The zero-order valence-electron chi connectivity index (χ0n) is 9.18. The smallest absolute Gasteiger partial charge is 0.292 e. The summed E-state index contributed by atoms with van der Waals surface area (Å²) in [5, 5.41) is 0. The van der Waals surface area contributed by atoms with E-state index in [-0.39, 0.29) is 5.97 Å². The molecule has 0 saturated heterocycles. The molecule has 0 amide bonds. The number of carbonyl (C=O) groups excluding carboxylic acids is 1. The highest BCUT2D eigenvalue weighted by Crippen LogP contribution is 2.11. The predicted octanol–water partition coefficient (Wildman–Crippen LogP) is 1.95. The molecule has 5 heteroatoms. The number of hydrogen-bond acceptors (Lipinski definition) is 3. The van der Waals surface area contributed by atoms with Crippen molar-refractivity contribution < 1.29 is 14.0 Å². The Bertz CT molecular complexity index is 179. The molecule has 0 saturated carbocycles. The summed E-state index contributed by atoms with van der Waals surface area (Å²) in [5.41, 5.74) is 0. The first-order valence-corrected chi connectivity index (χ1v) is 11.1. The molecule has 0 heterocycles. The van der Waals surface area contributed by atoms with E-state index in [4.69, 9.17) is 4.43 Å². The van der Waals surface area contributed by atoms with Crippen molar-refractivity contribution in [1.82, 2.24) is 0 Å². The highest BCUT2D eigenvalue weighted by atomic mass is 28.4. The third-order valence-corrected chi connectivity index (χ3v) is 3.67. The minimum absolute atomic E-state index is 0.159. The monoisotopic (exact) mass is 220 g/mol. The van der Waals surface area contributed by atoms with Crippen LogP contribution in [-0.4, -0.2) is 27.4 Å². The van der Waals surface area contributed by atoms with Gasteiger partial charge in [0.2, 0.25) is 8.32 Å². The van der Waals surface area contributed by atoms with Crippen molar-refractivity contribution in [3.8, 4) is 0 Å². The van der Waals surface area contributed by atoms with Crippen molar-refractivity contribution in [3.63, 3.8) is 0 Å². The summed E-state index contributed by atoms with van der Waals surface area (Å²) in [6.07, 6.45) is 0.361. The zero-order valence-corrected chi connectivity index (χ0v) is 11.2. The highest BCUT2D eigenvalue weighted by molar-refractivity contribution is 6.71. The molecular formula is C8H20O3Si2. The summed E-state index contributed by atoms with van der Waals surface area (Å²) in [6, 6.07) is 0.594. The Morgan fingerprint density at radius 2 is 1.69 bits per heavy atom. The van der Waals surface area contributed by atoms with Crippen LogP contribution in [-0.2, 0) is 9.22 Å². The average molecular weight is 220 g/mol. The molecular weight excluding hydrogens is 200 g/mol. The molecule has 1 N–H and O–H groups in total. The summed E-state index contributed by atoms with van der Waals surface area (Å²) in [7, 11) is -3.81. The fourth-order valence-electron chi connectivity index (χ4n) is 0.801. The van der Waals surface area contributed by atoms with Crippen molar-refractivity contribution >= 4 is 22.6 Å². The van der Waals surface area contributed by atoms with E-state index in [1.165, 1.54) is 0 Å². The van der Waals surface area contributed by atoms with Crippen LogP contribution in [0.2, 0.25) is 38.8 Å². The maximum absolute atomic E-state index is 11.2. The lowest BCUT2D eigenvalue weighted by Gasteiger charge is -2.19. The van der Waals surface area contributed by atoms with E-state index in [0.717, 1.165) is 0 Å². The molecule has 0 aliphatic rings. The molecule has 0 bridgehead atoms. The quantitative estimate of drug-likeness (QED) is 0.737. The Hall–Kier alpha value is -0.136. The van der Waals surface area contributed by atoms with Crippen LogP contribution in [0.1, 0.15) is 6.42 Å². The van der Waals surface area contributed by atoms with E-state index in [0.29, 0.717) is 12.5 Å². The van der Waals surface area contributed by atoms with Crippen LogP contribution < -0.4 is 0 Å². The molecule has 13 heavy (non-hydrogen) atoms. The zero-order chi connectivity index (χ0) is 10.7. The lowest BCUT2D eigenvalue weighted by atomic mass is 10.5. The molecule has 0 radical (unpaired) electrons. The van der Waals surface area contributed by atoms with Gasteiger partial charge in [-0.1, -0.05) is 0 Å². The van der Waals surface area contributed by atoms with Gasteiger partial charge in [-0.2, -0.15) is 0 Å². The maximum atomic E-state index is 11.2. The second-order valence-electron chi connectivity index (χ2n) is 4.90. The third kappa shape index (κ3) is 9.78. The Kier molecular flexibility index (Phi) is 4.34. The van der Waals surface area contributed by atoms with E-state index >= 15 is 0 Å². The van der Waals surface area contributed by atoms with Crippen LogP contribution in [0.3, 0.4) is 0 Å². The SMILES string of the molecule is C[Si](C)(O)CCC(=O)O[Si](C)(C)C. The van der Waals surface area contributed by atoms with Gasteiger partial charge < -0.3 is 9.22 Å². The second kappa shape index (κ2) is 4.39. The standard InChI is InChI=1S/C8H20O3Si2/c1-12(2,3)11-8(9)6-7-13(4,5)10/h10H,6-7H2,1-5H3. The van der Waals surface area contributed by atoms with Gasteiger partial charge in [-0.3, -0.25) is 4.79 Å². The number of carbonyl (C=O) groups is 1. The Morgan fingerprint density at radius 3 is 2.00 bits per heavy atom. The first-order chi connectivity index (χ1) is 5.60. The van der Waals surface area contributed by atoms with Crippen molar-refractivity contribution in [2.24, 2.45) is 0 Å². The summed E-state index contributed by atoms with van der Waals surface area (Å²) < 4.78 is 5.24. The third-order valence-electron chi connectivity index (χ3n) is 1.36. The van der Waals surface area contributed by atoms with Gasteiger partial charge >= 0.3 is 0 Å². The second-order valence-corrected chi connectivity index (χ2v) is 13.5. The van der Waals surface area contributed by atoms with E-state index in [2.05, 4.69) is 0 Å². The van der Waals surface area contributed by atoms with Gasteiger partial charge in [-0.05, 0) is 38.8 Å². The molecule has 0 atom stereocenters. The summed E-state index contributed by atoms with van der Waals surface area (Å²) in [6.45, 7) is 9.59.